The van der Waals surface area contributed by atoms with Crippen LogP contribution in [0.2, 0.25) is 0 Å². The van der Waals surface area contributed by atoms with E-state index < -0.39 is 16.1 Å². The van der Waals surface area contributed by atoms with E-state index in [4.69, 9.17) is 5.11 Å². The summed E-state index contributed by atoms with van der Waals surface area (Å²) in [4.78, 5) is 10.9. The monoisotopic (exact) mass is 247 g/mol. The molecule has 0 saturated carbocycles. The Morgan fingerprint density at radius 3 is 1.93 bits per heavy atom. The Bertz CT molecular complexity index is 275. The van der Waals surface area contributed by atoms with Crippen LogP contribution in [-0.4, -0.2) is 55.3 Å². The zero-order chi connectivity index (χ0) is 11.8. The van der Waals surface area contributed by atoms with E-state index in [0.29, 0.717) is 6.54 Å². The van der Waals surface area contributed by atoms with Gasteiger partial charge in [-0.25, -0.2) is 13.2 Å². The molecule has 0 spiro atoms. The quantitative estimate of drug-likeness (QED) is 0.312. The fourth-order valence-corrected chi connectivity index (χ4v) is 0.883. The van der Waals surface area contributed by atoms with Gasteiger partial charge in [0.1, 0.15) is 0 Å². The van der Waals surface area contributed by atoms with E-state index in [1.54, 1.807) is 19.0 Å². The van der Waals surface area contributed by atoms with Gasteiger partial charge in [-0.05, 0) is 14.1 Å². The van der Waals surface area contributed by atoms with E-state index in [0.717, 1.165) is 6.08 Å². The minimum atomic E-state index is -4.01. The van der Waals surface area contributed by atoms with Crippen LogP contribution in [0.5, 0.6) is 0 Å². The molecule has 0 radical (unpaired) electrons. The van der Waals surface area contributed by atoms with Gasteiger partial charge in [0.25, 0.3) is 0 Å². The first-order valence-corrected chi connectivity index (χ1v) is 5.20. The molecule has 1 N–H and O–H groups in total. The van der Waals surface area contributed by atoms with Crippen LogP contribution in [-0.2, 0) is 14.9 Å². The van der Waals surface area contributed by atoms with Crippen LogP contribution in [0.1, 0.15) is 0 Å². The fraction of sp³-hybridized carbons (Fsp3) is 0.571. The van der Waals surface area contributed by atoms with Crippen LogP contribution >= 0.6 is 0 Å². The number of carboxylic acid groups (broad SMARTS) is 1. The number of carboxylic acids is 1. The van der Waals surface area contributed by atoms with Crippen LogP contribution in [0.4, 0.5) is 0 Å². The van der Waals surface area contributed by atoms with E-state index in [9.17, 15) is 17.8 Å². The summed E-state index contributed by atoms with van der Waals surface area (Å²) < 4.78 is 29.9. The van der Waals surface area contributed by atoms with Gasteiger partial charge in [-0.15, -0.1) is 0 Å². The van der Waals surface area contributed by atoms with Crippen molar-refractivity contribution >= 4 is 16.1 Å². The van der Waals surface area contributed by atoms with Crippen LogP contribution < -0.4 is 29.6 Å². The van der Waals surface area contributed by atoms with Gasteiger partial charge in [0, 0.05) is 12.6 Å². The number of nitrogens with zero attached hydrogens (tertiary/aromatic N) is 1. The van der Waals surface area contributed by atoms with Crippen molar-refractivity contribution < 1.29 is 52.4 Å². The van der Waals surface area contributed by atoms with Gasteiger partial charge >= 0.3 is 35.5 Å². The largest absolute Gasteiger partial charge is 1.00 e. The molecule has 0 aliphatic rings. The zero-order valence-electron chi connectivity index (χ0n) is 9.13. The molecule has 0 saturated heterocycles. The average Bonchev–Trinajstić information content (AvgIpc) is 2.01. The molecule has 6 nitrogen and oxygen atoms in total. The molecule has 0 unspecified atom stereocenters. The standard InChI is InChI=1S/C4H11NO3S.C3H4O2.Na/c1-5(2)3-4-9(6,7)8;1-2-3(4)5;/h3-4H2,1-2H3,(H,6,7,8);2H,1H2,(H,4,5);/q;;+1/p-1. The van der Waals surface area contributed by atoms with Crippen LogP contribution in [0.25, 0.3) is 0 Å². The molecule has 0 fully saturated rings. The molecule has 0 amide bonds. The summed E-state index contributed by atoms with van der Waals surface area (Å²) in [6.45, 7) is 3.26. The zero-order valence-corrected chi connectivity index (χ0v) is 12.0. The number of rotatable bonds is 4. The Balaban J connectivity index is -0.000000208. The van der Waals surface area contributed by atoms with Crippen molar-refractivity contribution in [3.05, 3.63) is 12.7 Å². The Hall–Kier alpha value is 0.0800. The van der Waals surface area contributed by atoms with Crippen molar-refractivity contribution in [3.63, 3.8) is 0 Å². The molecule has 0 aromatic heterocycles. The summed E-state index contributed by atoms with van der Waals surface area (Å²) in [5, 5.41) is 7.60. The van der Waals surface area contributed by atoms with E-state index in [-0.39, 0.29) is 35.3 Å². The molecule has 0 atom stereocenters. The van der Waals surface area contributed by atoms with Crippen molar-refractivity contribution in [1.29, 1.82) is 0 Å². The molecule has 15 heavy (non-hydrogen) atoms. The molecule has 0 rings (SSSR count). The van der Waals surface area contributed by atoms with Crippen molar-refractivity contribution in [1.82, 2.24) is 4.90 Å². The summed E-state index contributed by atoms with van der Waals surface area (Å²) in [6, 6.07) is 0. The first-order valence-electron chi connectivity index (χ1n) is 3.62. The number of aliphatic carboxylic acids is 1. The molecule has 8 heteroatoms. The maximum absolute atomic E-state index is 9.95. The molecular formula is C7H14NNaO5S. The summed E-state index contributed by atoms with van der Waals surface area (Å²) >= 11 is 0. The third kappa shape index (κ3) is 31.5. The summed E-state index contributed by atoms with van der Waals surface area (Å²) in [5.41, 5.74) is 0. The van der Waals surface area contributed by atoms with Gasteiger partial charge in [-0.2, -0.15) is 0 Å². The van der Waals surface area contributed by atoms with Gasteiger partial charge in [0.05, 0.1) is 15.9 Å². The smallest absolute Gasteiger partial charge is 0.748 e. The van der Waals surface area contributed by atoms with Gasteiger partial charge in [-0.1, -0.05) is 6.58 Å². The van der Waals surface area contributed by atoms with E-state index in [2.05, 4.69) is 6.58 Å². The third-order valence-electron chi connectivity index (χ3n) is 0.963. The molecule has 0 aliphatic heterocycles. The first-order chi connectivity index (χ1) is 6.19. The molecular weight excluding hydrogens is 233 g/mol. The molecule has 0 bridgehead atoms. The van der Waals surface area contributed by atoms with Gasteiger partial charge in [0.2, 0.25) is 0 Å². The second-order valence-electron chi connectivity index (χ2n) is 2.61. The van der Waals surface area contributed by atoms with Crippen molar-refractivity contribution in [2.24, 2.45) is 0 Å². The summed E-state index contributed by atoms with van der Waals surface area (Å²) in [5.74, 6) is -1.29. The van der Waals surface area contributed by atoms with Gasteiger partial charge in [-0.3, -0.25) is 0 Å². The Kier molecular flexibility index (Phi) is 14.5. The van der Waals surface area contributed by atoms with Crippen molar-refractivity contribution in [3.8, 4) is 0 Å². The fourth-order valence-electron chi connectivity index (χ4n) is 0.294. The molecule has 0 aliphatic carbocycles. The first kappa shape index (κ1) is 20.5. The molecule has 0 aromatic rings. The second-order valence-corrected chi connectivity index (χ2v) is 4.13. The van der Waals surface area contributed by atoms with Gasteiger partial charge < -0.3 is 14.6 Å². The van der Waals surface area contributed by atoms with E-state index >= 15 is 0 Å². The minimum Gasteiger partial charge on any atom is -0.748 e. The Morgan fingerprint density at radius 1 is 1.53 bits per heavy atom. The van der Waals surface area contributed by atoms with Crippen LogP contribution in [0.3, 0.4) is 0 Å². The maximum Gasteiger partial charge on any atom is 1.00 e. The van der Waals surface area contributed by atoms with Gasteiger partial charge in [0.15, 0.2) is 0 Å². The Labute approximate surface area is 112 Å². The molecule has 84 valence electrons. The predicted octanol–water partition coefficient (Wildman–Crippen LogP) is -3.65. The predicted molar refractivity (Wildman–Crippen MR) is 51.0 cm³/mol. The Morgan fingerprint density at radius 2 is 1.87 bits per heavy atom. The van der Waals surface area contributed by atoms with Crippen LogP contribution in [0, 0.1) is 0 Å². The van der Waals surface area contributed by atoms with E-state index in [1.165, 1.54) is 0 Å². The molecule has 0 aromatic carbocycles. The van der Waals surface area contributed by atoms with Crippen molar-refractivity contribution in [2.75, 3.05) is 26.4 Å². The third-order valence-corrected chi connectivity index (χ3v) is 1.65. The SMILES string of the molecule is C=CC(=O)O.CN(C)CCS(=O)(=O)[O-].[Na+]. The minimum absolute atomic E-state index is 0. The summed E-state index contributed by atoms with van der Waals surface area (Å²) in [6.07, 6.45) is 0.833. The molecule has 0 heterocycles. The maximum atomic E-state index is 9.95. The number of hydrogen-bond donors (Lipinski definition) is 1. The number of hydrogen-bond acceptors (Lipinski definition) is 5. The number of carbonyl (C=O) groups is 1. The van der Waals surface area contributed by atoms with Crippen molar-refractivity contribution in [2.45, 2.75) is 0 Å². The second kappa shape index (κ2) is 10.6. The van der Waals surface area contributed by atoms with E-state index in [1.807, 2.05) is 0 Å². The normalized spacial score (nSPS) is 9.60. The summed E-state index contributed by atoms with van der Waals surface area (Å²) in [7, 11) is -0.584. The topological polar surface area (TPSA) is 97.7 Å². The van der Waals surface area contributed by atoms with Crippen LogP contribution in [0.15, 0.2) is 12.7 Å². The average molecular weight is 247 g/mol.